The van der Waals surface area contributed by atoms with Gasteiger partial charge in [0.05, 0.1) is 5.69 Å². The number of para-hydroxylation sites is 1. The summed E-state index contributed by atoms with van der Waals surface area (Å²) in [6.45, 7) is 5.43. The molecule has 10 heteroatoms. The van der Waals surface area contributed by atoms with E-state index in [0.29, 0.717) is 30.2 Å². The van der Waals surface area contributed by atoms with Gasteiger partial charge >= 0.3 is 5.97 Å². The van der Waals surface area contributed by atoms with Crippen LogP contribution < -0.4 is 10.2 Å². The molecule has 1 unspecified atom stereocenters. The first-order chi connectivity index (χ1) is 19.9. The van der Waals surface area contributed by atoms with Crippen LogP contribution in [0.4, 0.5) is 5.95 Å². The second-order valence-electron chi connectivity index (χ2n) is 9.84. The Hall–Kier alpha value is -4.18. The number of amides is 1. The van der Waals surface area contributed by atoms with Crippen molar-refractivity contribution in [3.8, 4) is 16.8 Å². The average Bonchev–Trinajstić information content (AvgIpc) is 3.48. The Balaban J connectivity index is 1.71. The molecule has 214 valence electrons. The predicted octanol–water partition coefficient (Wildman–Crippen LogP) is 5.38. The van der Waals surface area contributed by atoms with Crippen LogP contribution in [0.3, 0.4) is 0 Å². The summed E-state index contributed by atoms with van der Waals surface area (Å²) in [5, 5.41) is 25.0. The molecular weight excluding hydrogens is 536 g/mol. The Morgan fingerprint density at radius 2 is 1.80 bits per heavy atom. The van der Waals surface area contributed by atoms with Crippen LogP contribution >= 0.6 is 11.8 Å². The van der Waals surface area contributed by atoms with Gasteiger partial charge in [0, 0.05) is 18.7 Å². The van der Waals surface area contributed by atoms with Crippen molar-refractivity contribution in [2.75, 3.05) is 23.5 Å². The summed E-state index contributed by atoms with van der Waals surface area (Å²) in [7, 11) is 0. The number of rotatable bonds is 14. The molecule has 0 saturated carbocycles. The number of hydrogen-bond donors (Lipinski definition) is 2. The van der Waals surface area contributed by atoms with E-state index in [0.717, 1.165) is 47.3 Å². The number of carboxylic acid groups (broad SMARTS) is 1. The number of nitrogens with one attached hydrogen (secondary N) is 1. The van der Waals surface area contributed by atoms with E-state index in [1.54, 1.807) is 22.5 Å². The van der Waals surface area contributed by atoms with Gasteiger partial charge in [0.15, 0.2) is 0 Å². The number of hydrogen-bond acceptors (Lipinski definition) is 7. The number of nitrogens with zero attached hydrogens (tertiary/aromatic N) is 5. The number of anilines is 1. The number of tetrazole rings is 1. The number of aryl methyl sites for hydroxylation is 1. The van der Waals surface area contributed by atoms with Gasteiger partial charge in [-0.1, -0.05) is 67.0 Å². The van der Waals surface area contributed by atoms with E-state index < -0.39 is 17.9 Å². The van der Waals surface area contributed by atoms with Crippen LogP contribution in [0.25, 0.3) is 16.8 Å². The summed E-state index contributed by atoms with van der Waals surface area (Å²) in [4.78, 5) is 27.5. The smallest absolute Gasteiger partial charge is 0.326 e. The first kappa shape index (κ1) is 29.8. The molecule has 0 bridgehead atoms. The molecule has 0 aliphatic carbocycles. The summed E-state index contributed by atoms with van der Waals surface area (Å²) >= 11 is 1.55. The number of carbonyl (C=O) groups is 2. The van der Waals surface area contributed by atoms with E-state index in [1.165, 1.54) is 0 Å². The van der Waals surface area contributed by atoms with Crippen LogP contribution in [0.15, 0.2) is 72.8 Å². The second-order valence-corrected chi connectivity index (χ2v) is 10.8. The first-order valence-corrected chi connectivity index (χ1v) is 15.1. The van der Waals surface area contributed by atoms with Crippen molar-refractivity contribution in [1.29, 1.82) is 0 Å². The molecule has 0 fully saturated rings. The standard InChI is InChI=1S/C31H36N6O3S/c1-4-5-18-36(31-33-34-35-37(31)24-12-7-6-8-13-24)21-23-15-16-26(27(20-23)25-14-10-9-11-22(25)2)29(38)32-28(30(39)40)17-19-41-3/h6-16,20,28H,4-5,17-19,21H2,1-3H3,(H,32,38)(H,39,40). The average molecular weight is 573 g/mol. The predicted molar refractivity (Wildman–Crippen MR) is 164 cm³/mol. The molecule has 1 heterocycles. The van der Waals surface area contributed by atoms with Crippen LogP contribution in [-0.4, -0.2) is 61.8 Å². The van der Waals surface area contributed by atoms with E-state index in [4.69, 9.17) is 0 Å². The van der Waals surface area contributed by atoms with Crippen LogP contribution in [0.2, 0.25) is 0 Å². The highest BCUT2D eigenvalue weighted by Crippen LogP contribution is 2.29. The summed E-state index contributed by atoms with van der Waals surface area (Å²) in [6, 6.07) is 22.4. The SMILES string of the molecule is CCCCN(Cc1ccc(C(=O)NC(CCSC)C(=O)O)c(-c2ccccc2C)c1)c1nnnn1-c1ccccc1. The summed E-state index contributed by atoms with van der Waals surface area (Å²) in [5.74, 6) is -0.165. The van der Waals surface area contributed by atoms with Gasteiger partial charge < -0.3 is 15.3 Å². The quantitative estimate of drug-likeness (QED) is 0.207. The fraction of sp³-hybridized carbons (Fsp3) is 0.323. The van der Waals surface area contributed by atoms with Crippen LogP contribution in [0, 0.1) is 6.92 Å². The van der Waals surface area contributed by atoms with Gasteiger partial charge in [-0.25, -0.2) is 4.79 Å². The van der Waals surface area contributed by atoms with Crippen molar-refractivity contribution in [3.63, 3.8) is 0 Å². The Morgan fingerprint density at radius 3 is 2.51 bits per heavy atom. The lowest BCUT2D eigenvalue weighted by Crippen LogP contribution is -2.41. The van der Waals surface area contributed by atoms with E-state index in [-0.39, 0.29) is 0 Å². The van der Waals surface area contributed by atoms with Crippen molar-refractivity contribution >= 4 is 29.6 Å². The molecule has 4 rings (SSSR count). The fourth-order valence-electron chi connectivity index (χ4n) is 4.65. The first-order valence-electron chi connectivity index (χ1n) is 13.7. The normalized spacial score (nSPS) is 11.7. The van der Waals surface area contributed by atoms with Crippen molar-refractivity contribution in [2.24, 2.45) is 0 Å². The van der Waals surface area contributed by atoms with Crippen molar-refractivity contribution in [3.05, 3.63) is 89.5 Å². The minimum Gasteiger partial charge on any atom is -0.480 e. The highest BCUT2D eigenvalue weighted by molar-refractivity contribution is 7.98. The molecule has 3 aromatic carbocycles. The number of aliphatic carboxylic acids is 1. The third-order valence-corrected chi connectivity index (χ3v) is 7.51. The highest BCUT2D eigenvalue weighted by Gasteiger charge is 2.23. The Morgan fingerprint density at radius 1 is 1.05 bits per heavy atom. The molecule has 1 aromatic heterocycles. The zero-order chi connectivity index (χ0) is 29.2. The molecule has 41 heavy (non-hydrogen) atoms. The molecule has 2 N–H and O–H groups in total. The molecule has 0 saturated heterocycles. The number of benzene rings is 3. The Kier molecular flexibility index (Phi) is 10.5. The van der Waals surface area contributed by atoms with E-state index in [9.17, 15) is 14.7 Å². The largest absolute Gasteiger partial charge is 0.480 e. The van der Waals surface area contributed by atoms with Crippen LogP contribution in [0.5, 0.6) is 0 Å². The Bertz CT molecular complexity index is 1460. The monoisotopic (exact) mass is 572 g/mol. The topological polar surface area (TPSA) is 113 Å². The van der Waals surface area contributed by atoms with Gasteiger partial charge in [-0.2, -0.15) is 16.4 Å². The minimum absolute atomic E-state index is 0.350. The van der Waals surface area contributed by atoms with Crippen molar-refractivity contribution in [2.45, 2.75) is 45.7 Å². The van der Waals surface area contributed by atoms with Gasteiger partial charge in [0.2, 0.25) is 0 Å². The van der Waals surface area contributed by atoms with Gasteiger partial charge in [0.1, 0.15) is 6.04 Å². The van der Waals surface area contributed by atoms with E-state index in [1.807, 2.05) is 79.9 Å². The third-order valence-electron chi connectivity index (χ3n) is 6.87. The maximum absolute atomic E-state index is 13.5. The molecule has 1 amide bonds. The van der Waals surface area contributed by atoms with Gasteiger partial charge in [-0.3, -0.25) is 4.79 Å². The summed E-state index contributed by atoms with van der Waals surface area (Å²) < 4.78 is 1.74. The molecule has 1 atom stereocenters. The minimum atomic E-state index is -1.04. The zero-order valence-corrected chi connectivity index (χ0v) is 24.5. The second kappa shape index (κ2) is 14.5. The summed E-state index contributed by atoms with van der Waals surface area (Å²) in [6.07, 6.45) is 4.23. The maximum Gasteiger partial charge on any atom is 0.326 e. The number of aromatic nitrogens is 4. The van der Waals surface area contributed by atoms with Gasteiger partial charge in [-0.05, 0) is 88.7 Å². The van der Waals surface area contributed by atoms with Gasteiger partial charge in [0.25, 0.3) is 11.9 Å². The number of carbonyl (C=O) groups excluding carboxylic acids is 1. The van der Waals surface area contributed by atoms with Crippen molar-refractivity contribution in [1.82, 2.24) is 25.5 Å². The molecular formula is C31H36N6O3S. The lowest BCUT2D eigenvalue weighted by molar-refractivity contribution is -0.139. The van der Waals surface area contributed by atoms with Crippen LogP contribution in [0.1, 0.15) is 47.7 Å². The van der Waals surface area contributed by atoms with Gasteiger partial charge in [-0.15, -0.1) is 0 Å². The third kappa shape index (κ3) is 7.52. The maximum atomic E-state index is 13.5. The van der Waals surface area contributed by atoms with Crippen molar-refractivity contribution < 1.29 is 14.7 Å². The zero-order valence-electron chi connectivity index (χ0n) is 23.7. The van der Waals surface area contributed by atoms with E-state index in [2.05, 4.69) is 32.7 Å². The Labute approximate surface area is 245 Å². The molecule has 0 aliphatic heterocycles. The van der Waals surface area contributed by atoms with Crippen LogP contribution in [-0.2, 0) is 11.3 Å². The van der Waals surface area contributed by atoms with E-state index >= 15 is 0 Å². The highest BCUT2D eigenvalue weighted by atomic mass is 32.2. The fourth-order valence-corrected chi connectivity index (χ4v) is 5.12. The molecule has 0 radical (unpaired) electrons. The molecule has 0 spiro atoms. The molecule has 4 aromatic rings. The molecule has 0 aliphatic rings. The lowest BCUT2D eigenvalue weighted by Gasteiger charge is -2.24. The number of thioether (sulfide) groups is 1. The molecule has 9 nitrogen and oxygen atoms in total. The number of carboxylic acids is 1. The summed E-state index contributed by atoms with van der Waals surface area (Å²) in [5.41, 5.74) is 4.99. The number of unbranched alkanes of at least 4 members (excludes halogenated alkanes) is 1. The lowest BCUT2D eigenvalue weighted by atomic mass is 9.93.